The number of hydrogen-bond donors (Lipinski definition) is 0. The van der Waals surface area contributed by atoms with Crippen LogP contribution in [0.5, 0.6) is 0 Å². The maximum atomic E-state index is 13.4. The zero-order valence-corrected chi connectivity index (χ0v) is 19.7. The van der Waals surface area contributed by atoms with E-state index >= 15 is 0 Å². The third-order valence-corrected chi connectivity index (χ3v) is 6.79. The lowest BCUT2D eigenvalue weighted by Crippen LogP contribution is -2.04. The summed E-state index contributed by atoms with van der Waals surface area (Å²) >= 11 is 0. The minimum Gasteiger partial charge on any atom is -0.327 e. The molecule has 0 saturated carbocycles. The zero-order chi connectivity index (χ0) is 24.3. The first-order valence-electron chi connectivity index (χ1n) is 11.6. The Labute approximate surface area is 203 Å². The molecule has 0 spiro atoms. The van der Waals surface area contributed by atoms with Gasteiger partial charge < -0.3 is 4.57 Å². The van der Waals surface area contributed by atoms with Crippen LogP contribution in [-0.4, -0.2) is 25.7 Å². The standard InChI is InChI=1S/C30H23N3O2/c1-18-14-15-19(2)27-26(18)28(34)22(29(27)35)16-25-31-30-24(33(25)21-12-8-5-9-13-21)17-23(32(30)3)20-10-6-4-7-11-20/h4-17H,1-3H3. The van der Waals surface area contributed by atoms with Crippen LogP contribution in [0.25, 0.3) is 34.2 Å². The van der Waals surface area contributed by atoms with Gasteiger partial charge in [-0.15, -0.1) is 0 Å². The minimum absolute atomic E-state index is 0.160. The number of para-hydroxylation sites is 1. The van der Waals surface area contributed by atoms with Gasteiger partial charge in [-0.2, -0.15) is 0 Å². The third-order valence-electron chi connectivity index (χ3n) is 6.79. The Kier molecular flexibility index (Phi) is 4.68. The molecule has 0 unspecified atom stereocenters. The van der Waals surface area contributed by atoms with E-state index in [2.05, 4.69) is 18.2 Å². The molecule has 0 fully saturated rings. The summed E-state index contributed by atoms with van der Waals surface area (Å²) in [4.78, 5) is 31.6. The average molecular weight is 458 g/mol. The van der Waals surface area contributed by atoms with Gasteiger partial charge in [-0.1, -0.05) is 60.7 Å². The van der Waals surface area contributed by atoms with Gasteiger partial charge in [0.25, 0.3) is 0 Å². The van der Waals surface area contributed by atoms with Gasteiger partial charge in [0.05, 0.1) is 16.8 Å². The van der Waals surface area contributed by atoms with Crippen molar-refractivity contribution in [3.63, 3.8) is 0 Å². The van der Waals surface area contributed by atoms with Gasteiger partial charge >= 0.3 is 0 Å². The summed E-state index contributed by atoms with van der Waals surface area (Å²) in [6.45, 7) is 3.74. The van der Waals surface area contributed by atoms with Crippen LogP contribution in [0.2, 0.25) is 0 Å². The number of carbonyl (C=O) groups excluding carboxylic acids is 2. The first-order chi connectivity index (χ1) is 17.0. The molecule has 1 aliphatic carbocycles. The van der Waals surface area contributed by atoms with Gasteiger partial charge in [0.1, 0.15) is 5.82 Å². The number of Topliss-reactive ketones (excluding diaryl/α,β-unsaturated/α-hetero) is 2. The van der Waals surface area contributed by atoms with Gasteiger partial charge in [0, 0.05) is 23.9 Å². The van der Waals surface area contributed by atoms with Crippen molar-refractivity contribution in [2.24, 2.45) is 7.05 Å². The second kappa shape index (κ2) is 7.77. The Balaban J connectivity index is 1.59. The lowest BCUT2D eigenvalue weighted by Gasteiger charge is -2.07. The number of fused-ring (bicyclic) bond motifs is 2. The first kappa shape index (κ1) is 21.1. The van der Waals surface area contributed by atoms with Crippen molar-refractivity contribution in [1.29, 1.82) is 0 Å². The highest BCUT2D eigenvalue weighted by Gasteiger charge is 2.36. The Morgan fingerprint density at radius 2 is 1.34 bits per heavy atom. The molecular formula is C30H23N3O2. The van der Waals surface area contributed by atoms with Gasteiger partial charge in [-0.3, -0.25) is 14.2 Å². The predicted octanol–water partition coefficient (Wildman–Crippen LogP) is 6.11. The number of allylic oxidation sites excluding steroid dienone is 1. The predicted molar refractivity (Wildman–Crippen MR) is 138 cm³/mol. The lowest BCUT2D eigenvalue weighted by molar-refractivity contribution is 0.0990. The van der Waals surface area contributed by atoms with Crippen LogP contribution in [0.15, 0.2) is 84.4 Å². The molecule has 0 N–H and O–H groups in total. The SMILES string of the molecule is Cc1ccc(C)c2c1C(=O)C(=Cc1nc3c(cc(-c4ccccc4)n3C)n1-c1ccccc1)C2=O. The Hall–Kier alpha value is -4.51. The number of nitrogens with zero attached hydrogens (tertiary/aromatic N) is 3. The molecule has 0 atom stereocenters. The number of rotatable bonds is 3. The molecule has 35 heavy (non-hydrogen) atoms. The molecule has 5 nitrogen and oxygen atoms in total. The molecule has 5 aromatic rings. The number of carbonyl (C=O) groups is 2. The summed E-state index contributed by atoms with van der Waals surface area (Å²) in [6.07, 6.45) is 1.65. The van der Waals surface area contributed by atoms with Crippen LogP contribution < -0.4 is 0 Å². The maximum Gasteiger partial charge on any atom is 0.198 e. The van der Waals surface area contributed by atoms with E-state index in [1.54, 1.807) is 6.08 Å². The molecule has 5 heteroatoms. The molecule has 170 valence electrons. The number of aromatic nitrogens is 3. The van der Waals surface area contributed by atoms with Crippen molar-refractivity contribution in [3.8, 4) is 16.9 Å². The van der Waals surface area contributed by atoms with Crippen molar-refractivity contribution in [1.82, 2.24) is 14.1 Å². The summed E-state index contributed by atoms with van der Waals surface area (Å²) in [7, 11) is 1.98. The number of benzene rings is 3. The Morgan fingerprint density at radius 1 is 0.771 bits per heavy atom. The first-order valence-corrected chi connectivity index (χ1v) is 11.6. The van der Waals surface area contributed by atoms with Crippen molar-refractivity contribution >= 4 is 28.8 Å². The Bertz CT molecular complexity index is 1640. The highest BCUT2D eigenvalue weighted by atomic mass is 16.2. The summed E-state index contributed by atoms with van der Waals surface area (Å²) < 4.78 is 4.06. The van der Waals surface area contributed by atoms with E-state index in [1.807, 2.05) is 90.7 Å². The third kappa shape index (κ3) is 3.12. The molecule has 0 radical (unpaired) electrons. The Morgan fingerprint density at radius 3 is 1.94 bits per heavy atom. The van der Waals surface area contributed by atoms with E-state index in [0.717, 1.165) is 39.2 Å². The molecule has 2 aromatic heterocycles. The van der Waals surface area contributed by atoms with E-state index < -0.39 is 0 Å². The lowest BCUT2D eigenvalue weighted by atomic mass is 9.99. The number of hydrogen-bond acceptors (Lipinski definition) is 3. The van der Waals surface area contributed by atoms with E-state index in [0.29, 0.717) is 17.0 Å². The van der Waals surface area contributed by atoms with Crippen LogP contribution in [0.1, 0.15) is 37.7 Å². The molecule has 2 heterocycles. The fraction of sp³-hybridized carbons (Fsp3) is 0.100. The molecular weight excluding hydrogens is 434 g/mol. The van der Waals surface area contributed by atoms with E-state index in [1.165, 1.54) is 0 Å². The fourth-order valence-electron chi connectivity index (χ4n) is 5.02. The van der Waals surface area contributed by atoms with Crippen molar-refractivity contribution < 1.29 is 9.59 Å². The van der Waals surface area contributed by atoms with Crippen LogP contribution in [-0.2, 0) is 7.05 Å². The van der Waals surface area contributed by atoms with Crippen LogP contribution in [0.4, 0.5) is 0 Å². The second-order valence-corrected chi connectivity index (χ2v) is 8.97. The molecule has 3 aromatic carbocycles. The highest BCUT2D eigenvalue weighted by Crippen LogP contribution is 2.35. The monoisotopic (exact) mass is 457 g/mol. The van der Waals surface area contributed by atoms with E-state index in [-0.39, 0.29) is 17.1 Å². The second-order valence-electron chi connectivity index (χ2n) is 8.97. The van der Waals surface area contributed by atoms with Crippen molar-refractivity contribution in [2.45, 2.75) is 13.8 Å². The number of ketones is 2. The van der Waals surface area contributed by atoms with E-state index in [9.17, 15) is 9.59 Å². The topological polar surface area (TPSA) is 56.9 Å². The zero-order valence-electron chi connectivity index (χ0n) is 19.7. The van der Waals surface area contributed by atoms with Crippen molar-refractivity contribution in [3.05, 3.63) is 113 Å². The van der Waals surface area contributed by atoms with Gasteiger partial charge in [-0.05, 0) is 54.8 Å². The number of aryl methyl sites for hydroxylation is 3. The molecule has 0 bridgehead atoms. The average Bonchev–Trinajstić information content (AvgIpc) is 3.48. The van der Waals surface area contributed by atoms with Gasteiger partial charge in [0.2, 0.25) is 0 Å². The van der Waals surface area contributed by atoms with Crippen LogP contribution in [0.3, 0.4) is 0 Å². The normalized spacial score (nSPS) is 13.1. The largest absolute Gasteiger partial charge is 0.327 e. The summed E-state index contributed by atoms with van der Waals surface area (Å²) in [5.41, 5.74) is 7.55. The quantitative estimate of drug-likeness (QED) is 0.243. The van der Waals surface area contributed by atoms with Gasteiger partial charge in [0.15, 0.2) is 17.2 Å². The molecule has 1 aliphatic rings. The van der Waals surface area contributed by atoms with Crippen molar-refractivity contribution in [2.75, 3.05) is 0 Å². The fourth-order valence-corrected chi connectivity index (χ4v) is 5.02. The van der Waals surface area contributed by atoms with Crippen LogP contribution in [0, 0.1) is 13.8 Å². The summed E-state index contributed by atoms with van der Waals surface area (Å²) in [5.74, 6) is 0.0851. The maximum absolute atomic E-state index is 13.4. The molecule has 0 aliphatic heterocycles. The molecule has 6 rings (SSSR count). The smallest absolute Gasteiger partial charge is 0.198 e. The number of imidazole rings is 1. The summed E-state index contributed by atoms with van der Waals surface area (Å²) in [5, 5.41) is 0. The van der Waals surface area contributed by atoms with Crippen LogP contribution >= 0.6 is 0 Å². The minimum atomic E-state index is -0.233. The molecule has 0 amide bonds. The van der Waals surface area contributed by atoms with Gasteiger partial charge in [-0.25, -0.2) is 4.98 Å². The summed E-state index contributed by atoms with van der Waals surface area (Å²) in [6, 6.07) is 26.0. The highest BCUT2D eigenvalue weighted by molar-refractivity contribution is 6.42. The van der Waals surface area contributed by atoms with E-state index in [4.69, 9.17) is 4.98 Å². The molecule has 0 saturated heterocycles.